The molecule has 1 aliphatic heterocycles. The predicted octanol–water partition coefficient (Wildman–Crippen LogP) is 3.75. The second kappa shape index (κ2) is 7.43. The van der Waals surface area contributed by atoms with Crippen molar-refractivity contribution >= 4 is 17.5 Å². The molecule has 2 heterocycles. The number of hydrogen-bond donors (Lipinski definition) is 1. The van der Waals surface area contributed by atoms with Gasteiger partial charge in [-0.15, -0.1) is 0 Å². The van der Waals surface area contributed by atoms with Crippen LogP contribution in [0.2, 0.25) is 0 Å². The summed E-state index contributed by atoms with van der Waals surface area (Å²) in [4.78, 5) is 16.8. The van der Waals surface area contributed by atoms with Gasteiger partial charge in [-0.3, -0.25) is 0 Å². The van der Waals surface area contributed by atoms with Gasteiger partial charge in [0, 0.05) is 11.9 Å². The van der Waals surface area contributed by atoms with E-state index in [2.05, 4.69) is 10.3 Å². The number of hydrogen-bond acceptors (Lipinski definition) is 6. The number of rotatable bonds is 5. The number of carbonyl (C=O) groups excluding carboxylic acids is 1. The van der Waals surface area contributed by atoms with Crippen molar-refractivity contribution in [3.8, 4) is 0 Å². The number of aryl methyl sites for hydroxylation is 1. The summed E-state index contributed by atoms with van der Waals surface area (Å²) in [5.41, 5.74) is 3.56. The first-order valence-electron chi connectivity index (χ1n) is 8.63. The molecule has 1 saturated heterocycles. The van der Waals surface area contributed by atoms with Crippen LogP contribution in [-0.4, -0.2) is 36.1 Å². The topological polar surface area (TPSA) is 69.7 Å². The van der Waals surface area contributed by atoms with Crippen molar-refractivity contribution in [1.82, 2.24) is 4.98 Å². The van der Waals surface area contributed by atoms with Gasteiger partial charge in [0.05, 0.1) is 6.61 Å². The minimum absolute atomic E-state index is 0.139. The van der Waals surface area contributed by atoms with Crippen LogP contribution in [0.5, 0.6) is 0 Å². The minimum Gasteiger partial charge on any atom is -0.459 e. The van der Waals surface area contributed by atoms with E-state index in [-0.39, 0.29) is 12.7 Å². The maximum absolute atomic E-state index is 12.5. The van der Waals surface area contributed by atoms with Gasteiger partial charge in [-0.1, -0.05) is 12.1 Å². The van der Waals surface area contributed by atoms with Crippen LogP contribution in [0.25, 0.3) is 0 Å². The first-order chi connectivity index (χ1) is 12.4. The van der Waals surface area contributed by atoms with Crippen molar-refractivity contribution < 1.29 is 19.0 Å². The highest BCUT2D eigenvalue weighted by Crippen LogP contribution is 2.25. The zero-order valence-electron chi connectivity index (χ0n) is 15.5. The number of benzene rings is 1. The van der Waals surface area contributed by atoms with Crippen LogP contribution in [-0.2, 0) is 14.2 Å². The summed E-state index contributed by atoms with van der Waals surface area (Å²) in [5, 5.41) is 3.24. The molecule has 1 aliphatic rings. The summed E-state index contributed by atoms with van der Waals surface area (Å²) in [6.45, 7) is 8.28. The average Bonchev–Trinajstić information content (AvgIpc) is 2.96. The van der Waals surface area contributed by atoms with Gasteiger partial charge in [0.25, 0.3) is 0 Å². The second-order valence-electron chi connectivity index (χ2n) is 6.82. The van der Waals surface area contributed by atoms with Gasteiger partial charge in [0.2, 0.25) is 0 Å². The molecule has 6 nitrogen and oxygen atoms in total. The fourth-order valence-electron chi connectivity index (χ4n) is 2.78. The lowest BCUT2D eigenvalue weighted by Crippen LogP contribution is -2.25. The van der Waals surface area contributed by atoms with Crippen molar-refractivity contribution in [3.63, 3.8) is 0 Å². The molecule has 0 spiro atoms. The van der Waals surface area contributed by atoms with Crippen molar-refractivity contribution in [2.75, 3.05) is 18.5 Å². The minimum atomic E-state index is -0.638. The molecule has 0 amide bonds. The van der Waals surface area contributed by atoms with E-state index < -0.39 is 11.8 Å². The fourth-order valence-corrected chi connectivity index (χ4v) is 2.78. The summed E-state index contributed by atoms with van der Waals surface area (Å²) >= 11 is 0. The van der Waals surface area contributed by atoms with Crippen LogP contribution >= 0.6 is 0 Å². The molecule has 2 aromatic rings. The van der Waals surface area contributed by atoms with Crippen LogP contribution in [0.15, 0.2) is 36.5 Å². The van der Waals surface area contributed by atoms with Crippen molar-refractivity contribution in [2.45, 2.75) is 39.6 Å². The maximum Gasteiger partial charge on any atom is 0.342 e. The number of pyridine rings is 1. The molecular weight excluding hydrogens is 332 g/mol. The van der Waals surface area contributed by atoms with Crippen molar-refractivity contribution in [1.29, 1.82) is 0 Å². The molecule has 1 unspecified atom stereocenters. The molecule has 1 N–H and O–H groups in total. The monoisotopic (exact) mass is 356 g/mol. The first-order valence-corrected chi connectivity index (χ1v) is 8.63. The largest absolute Gasteiger partial charge is 0.459 e. The van der Waals surface area contributed by atoms with E-state index in [1.807, 2.05) is 45.9 Å². The molecule has 138 valence electrons. The molecule has 1 aromatic carbocycles. The Morgan fingerprint density at radius 2 is 2.12 bits per heavy atom. The number of aromatic nitrogens is 1. The molecule has 0 aliphatic carbocycles. The molecule has 0 bridgehead atoms. The summed E-state index contributed by atoms with van der Waals surface area (Å²) < 4.78 is 16.6. The molecule has 1 atom stereocenters. The number of carbonyl (C=O) groups is 1. The van der Waals surface area contributed by atoms with Gasteiger partial charge in [-0.25, -0.2) is 9.78 Å². The van der Waals surface area contributed by atoms with E-state index in [1.54, 1.807) is 18.3 Å². The van der Waals surface area contributed by atoms with Gasteiger partial charge < -0.3 is 19.5 Å². The van der Waals surface area contributed by atoms with Gasteiger partial charge in [-0.05, 0) is 57.0 Å². The lowest BCUT2D eigenvalue weighted by atomic mass is 10.1. The SMILES string of the molecule is Cc1cccc(Nc2ncccc2C(=O)OCC2COC(C)(C)O2)c1C. The number of ether oxygens (including phenoxy) is 3. The Kier molecular flexibility index (Phi) is 5.25. The Balaban J connectivity index is 1.70. The number of nitrogens with zero attached hydrogens (tertiary/aromatic N) is 1. The van der Waals surface area contributed by atoms with E-state index in [1.165, 1.54) is 0 Å². The van der Waals surface area contributed by atoms with Gasteiger partial charge in [0.15, 0.2) is 5.79 Å². The summed E-state index contributed by atoms with van der Waals surface area (Å²) in [6, 6.07) is 9.36. The molecule has 6 heteroatoms. The Morgan fingerprint density at radius 1 is 1.31 bits per heavy atom. The number of anilines is 2. The smallest absolute Gasteiger partial charge is 0.342 e. The lowest BCUT2D eigenvalue weighted by Gasteiger charge is -2.17. The van der Waals surface area contributed by atoms with Crippen LogP contribution in [0, 0.1) is 13.8 Å². The third-order valence-corrected chi connectivity index (χ3v) is 4.35. The van der Waals surface area contributed by atoms with Gasteiger partial charge >= 0.3 is 5.97 Å². The summed E-state index contributed by atoms with van der Waals surface area (Å²) in [7, 11) is 0. The van der Waals surface area contributed by atoms with Crippen LogP contribution in [0.4, 0.5) is 11.5 Å². The van der Waals surface area contributed by atoms with E-state index in [0.717, 1.165) is 16.8 Å². The highest BCUT2D eigenvalue weighted by Gasteiger charge is 2.33. The average molecular weight is 356 g/mol. The highest BCUT2D eigenvalue weighted by atomic mass is 16.7. The third-order valence-electron chi connectivity index (χ3n) is 4.35. The van der Waals surface area contributed by atoms with Gasteiger partial charge in [-0.2, -0.15) is 0 Å². The molecular formula is C20H24N2O4. The zero-order chi connectivity index (χ0) is 18.7. The quantitative estimate of drug-likeness (QED) is 0.823. The van der Waals surface area contributed by atoms with E-state index >= 15 is 0 Å². The molecule has 0 saturated carbocycles. The number of nitrogens with one attached hydrogen (secondary N) is 1. The second-order valence-corrected chi connectivity index (χ2v) is 6.82. The molecule has 3 rings (SSSR count). The third kappa shape index (κ3) is 4.20. The normalized spacial score (nSPS) is 18.5. The Bertz CT molecular complexity index is 804. The highest BCUT2D eigenvalue weighted by molar-refractivity contribution is 5.95. The number of esters is 1. The van der Waals surface area contributed by atoms with Crippen molar-refractivity contribution in [3.05, 3.63) is 53.2 Å². The van der Waals surface area contributed by atoms with Crippen LogP contribution < -0.4 is 5.32 Å². The standard InChI is InChI=1S/C20H24N2O4/c1-13-7-5-9-17(14(13)2)22-18-16(8-6-10-21-18)19(23)24-11-15-12-25-20(3,4)26-15/h5-10,15H,11-12H2,1-4H3,(H,21,22). The zero-order valence-corrected chi connectivity index (χ0v) is 15.5. The molecule has 0 radical (unpaired) electrons. The molecule has 26 heavy (non-hydrogen) atoms. The lowest BCUT2D eigenvalue weighted by molar-refractivity contribution is -0.142. The van der Waals surface area contributed by atoms with E-state index in [4.69, 9.17) is 14.2 Å². The van der Waals surface area contributed by atoms with Crippen LogP contribution in [0.1, 0.15) is 35.3 Å². The van der Waals surface area contributed by atoms with Gasteiger partial charge in [0.1, 0.15) is 24.1 Å². The Labute approximate surface area is 153 Å². The predicted molar refractivity (Wildman–Crippen MR) is 98.6 cm³/mol. The molecule has 1 aromatic heterocycles. The Morgan fingerprint density at radius 3 is 2.85 bits per heavy atom. The first kappa shape index (κ1) is 18.4. The maximum atomic E-state index is 12.5. The summed E-state index contributed by atoms with van der Waals surface area (Å²) in [6.07, 6.45) is 1.38. The van der Waals surface area contributed by atoms with E-state index in [9.17, 15) is 4.79 Å². The molecule has 1 fully saturated rings. The Hall–Kier alpha value is -2.44. The van der Waals surface area contributed by atoms with E-state index in [0.29, 0.717) is 18.0 Å². The van der Waals surface area contributed by atoms with Crippen LogP contribution in [0.3, 0.4) is 0 Å². The fraction of sp³-hybridized carbons (Fsp3) is 0.400. The summed E-state index contributed by atoms with van der Waals surface area (Å²) in [5.74, 6) is -0.616. The van der Waals surface area contributed by atoms with Crippen molar-refractivity contribution in [2.24, 2.45) is 0 Å².